The van der Waals surface area contributed by atoms with Gasteiger partial charge < -0.3 is 21.5 Å². The Hall–Kier alpha value is -1.92. The van der Waals surface area contributed by atoms with Crippen LogP contribution in [0.25, 0.3) is 0 Å². The molecule has 1 saturated heterocycles. The molecule has 1 aromatic rings. The highest BCUT2D eigenvalue weighted by Crippen LogP contribution is 2.16. The summed E-state index contributed by atoms with van der Waals surface area (Å²) < 4.78 is 0. The molecule has 0 aliphatic carbocycles. The Bertz CT molecular complexity index is 492. The maximum Gasteiger partial charge on any atom is 0.250 e. The van der Waals surface area contributed by atoms with E-state index in [4.69, 9.17) is 5.73 Å². The van der Waals surface area contributed by atoms with Crippen molar-refractivity contribution in [2.75, 3.05) is 6.54 Å². The van der Waals surface area contributed by atoms with E-state index < -0.39 is 18.1 Å². The molecule has 5 N–H and O–H groups in total. The second-order valence-corrected chi connectivity index (χ2v) is 5.32. The minimum atomic E-state index is -1.30. The predicted octanol–water partition coefficient (Wildman–Crippen LogP) is -0.483. The standard InChI is InChI=1S/C15H21N3O3/c16-12(8-11-6-7-17-14(11)20)13(19)15(21)18-9-10-4-2-1-3-5-10/h1-5,11-13,19H,6-9,16H2,(H,17,20)(H,18,21). The van der Waals surface area contributed by atoms with Crippen LogP contribution in [-0.2, 0) is 16.1 Å². The maximum absolute atomic E-state index is 11.9. The number of nitrogens with one attached hydrogen (secondary N) is 2. The molecular weight excluding hydrogens is 270 g/mol. The monoisotopic (exact) mass is 291 g/mol. The van der Waals surface area contributed by atoms with Gasteiger partial charge in [0.2, 0.25) is 5.91 Å². The fraction of sp³-hybridized carbons (Fsp3) is 0.467. The molecule has 1 aromatic carbocycles. The number of benzene rings is 1. The van der Waals surface area contributed by atoms with E-state index in [0.29, 0.717) is 25.9 Å². The van der Waals surface area contributed by atoms with Gasteiger partial charge in [-0.05, 0) is 18.4 Å². The molecule has 3 unspecified atom stereocenters. The van der Waals surface area contributed by atoms with E-state index in [-0.39, 0.29) is 11.8 Å². The summed E-state index contributed by atoms with van der Waals surface area (Å²) in [6.07, 6.45) is -0.293. The number of aliphatic hydroxyl groups is 1. The number of rotatable bonds is 6. The lowest BCUT2D eigenvalue weighted by molar-refractivity contribution is -0.131. The third-order valence-corrected chi connectivity index (χ3v) is 3.70. The van der Waals surface area contributed by atoms with Gasteiger partial charge in [0.05, 0.1) is 0 Å². The second-order valence-electron chi connectivity index (χ2n) is 5.32. The van der Waals surface area contributed by atoms with Crippen LogP contribution in [0.15, 0.2) is 30.3 Å². The van der Waals surface area contributed by atoms with E-state index in [1.807, 2.05) is 30.3 Å². The summed E-state index contributed by atoms with van der Waals surface area (Å²) in [6, 6.07) is 8.67. The topological polar surface area (TPSA) is 104 Å². The molecule has 0 aromatic heterocycles. The summed E-state index contributed by atoms with van der Waals surface area (Å²) in [5.41, 5.74) is 6.78. The Morgan fingerprint density at radius 1 is 1.43 bits per heavy atom. The van der Waals surface area contributed by atoms with Crippen molar-refractivity contribution in [3.63, 3.8) is 0 Å². The molecule has 1 heterocycles. The quantitative estimate of drug-likeness (QED) is 0.568. The molecule has 0 spiro atoms. The highest BCUT2D eigenvalue weighted by Gasteiger charge is 2.31. The smallest absolute Gasteiger partial charge is 0.250 e. The molecule has 0 saturated carbocycles. The minimum Gasteiger partial charge on any atom is -0.382 e. The first-order valence-electron chi connectivity index (χ1n) is 7.11. The van der Waals surface area contributed by atoms with E-state index in [1.165, 1.54) is 0 Å². The summed E-state index contributed by atoms with van der Waals surface area (Å²) in [4.78, 5) is 23.3. The number of carbonyl (C=O) groups excluding carboxylic acids is 2. The van der Waals surface area contributed by atoms with E-state index >= 15 is 0 Å². The lowest BCUT2D eigenvalue weighted by Gasteiger charge is -2.20. The van der Waals surface area contributed by atoms with Crippen LogP contribution < -0.4 is 16.4 Å². The fourth-order valence-electron chi connectivity index (χ4n) is 2.41. The van der Waals surface area contributed by atoms with Crippen molar-refractivity contribution in [1.82, 2.24) is 10.6 Å². The van der Waals surface area contributed by atoms with Gasteiger partial charge in [-0.2, -0.15) is 0 Å². The zero-order valence-corrected chi connectivity index (χ0v) is 11.8. The molecule has 1 aliphatic rings. The third kappa shape index (κ3) is 4.27. The Kier molecular flexibility index (Phi) is 5.30. The summed E-state index contributed by atoms with van der Waals surface area (Å²) in [5.74, 6) is -0.774. The fourth-order valence-corrected chi connectivity index (χ4v) is 2.41. The summed E-state index contributed by atoms with van der Waals surface area (Å²) in [7, 11) is 0. The predicted molar refractivity (Wildman–Crippen MR) is 78.0 cm³/mol. The third-order valence-electron chi connectivity index (χ3n) is 3.70. The molecule has 114 valence electrons. The van der Waals surface area contributed by atoms with E-state index in [9.17, 15) is 14.7 Å². The van der Waals surface area contributed by atoms with Crippen LogP contribution >= 0.6 is 0 Å². The van der Waals surface area contributed by atoms with E-state index in [0.717, 1.165) is 5.56 Å². The Morgan fingerprint density at radius 2 is 2.14 bits per heavy atom. The normalized spacial score (nSPS) is 20.7. The van der Waals surface area contributed by atoms with Gasteiger partial charge in [-0.1, -0.05) is 30.3 Å². The first-order valence-corrected chi connectivity index (χ1v) is 7.11. The van der Waals surface area contributed by atoms with Crippen molar-refractivity contribution < 1.29 is 14.7 Å². The van der Waals surface area contributed by atoms with Crippen LogP contribution in [0, 0.1) is 5.92 Å². The lowest BCUT2D eigenvalue weighted by atomic mass is 9.95. The molecule has 2 rings (SSSR count). The Balaban J connectivity index is 1.79. The summed E-state index contributed by atoms with van der Waals surface area (Å²) in [5, 5.41) is 15.3. The molecule has 1 aliphatic heterocycles. The van der Waals surface area contributed by atoms with E-state index in [1.54, 1.807) is 0 Å². The first kappa shape index (κ1) is 15.5. The minimum absolute atomic E-state index is 0.0534. The van der Waals surface area contributed by atoms with Crippen molar-refractivity contribution >= 4 is 11.8 Å². The number of hydrogen-bond acceptors (Lipinski definition) is 4. The van der Waals surface area contributed by atoms with Crippen LogP contribution in [0.1, 0.15) is 18.4 Å². The highest BCUT2D eigenvalue weighted by molar-refractivity contribution is 5.82. The number of amides is 2. The van der Waals surface area contributed by atoms with Crippen LogP contribution in [-0.4, -0.2) is 35.6 Å². The highest BCUT2D eigenvalue weighted by atomic mass is 16.3. The molecule has 2 amide bonds. The molecular formula is C15H21N3O3. The number of carbonyl (C=O) groups is 2. The van der Waals surface area contributed by atoms with Gasteiger partial charge in [0.25, 0.3) is 5.91 Å². The van der Waals surface area contributed by atoms with Gasteiger partial charge >= 0.3 is 0 Å². The van der Waals surface area contributed by atoms with Gasteiger partial charge in [0.1, 0.15) is 6.10 Å². The van der Waals surface area contributed by atoms with Crippen LogP contribution in [0.5, 0.6) is 0 Å². The van der Waals surface area contributed by atoms with Gasteiger partial charge in [-0.15, -0.1) is 0 Å². The first-order chi connectivity index (χ1) is 10.1. The Labute approximate surface area is 123 Å². The average Bonchev–Trinajstić information content (AvgIpc) is 2.90. The van der Waals surface area contributed by atoms with Crippen molar-refractivity contribution in [1.29, 1.82) is 0 Å². The average molecular weight is 291 g/mol. The van der Waals surface area contributed by atoms with Crippen LogP contribution in [0.2, 0.25) is 0 Å². The summed E-state index contributed by atoms with van der Waals surface area (Å²) >= 11 is 0. The maximum atomic E-state index is 11.9. The Morgan fingerprint density at radius 3 is 2.76 bits per heavy atom. The number of nitrogens with two attached hydrogens (primary N) is 1. The largest absolute Gasteiger partial charge is 0.382 e. The van der Waals surface area contributed by atoms with Gasteiger partial charge in [-0.3, -0.25) is 9.59 Å². The molecule has 0 radical (unpaired) electrons. The second kappa shape index (κ2) is 7.19. The summed E-state index contributed by atoms with van der Waals surface area (Å²) in [6.45, 7) is 0.972. The van der Waals surface area contributed by atoms with Crippen LogP contribution in [0.3, 0.4) is 0 Å². The molecule has 6 heteroatoms. The molecule has 6 nitrogen and oxygen atoms in total. The van der Waals surface area contributed by atoms with E-state index in [2.05, 4.69) is 10.6 Å². The van der Waals surface area contributed by atoms with Gasteiger partial charge in [-0.25, -0.2) is 0 Å². The number of aliphatic hydroxyl groups excluding tert-OH is 1. The molecule has 3 atom stereocenters. The van der Waals surface area contributed by atoms with Crippen LogP contribution in [0.4, 0.5) is 0 Å². The number of hydrogen-bond donors (Lipinski definition) is 4. The van der Waals surface area contributed by atoms with Crippen molar-refractivity contribution in [3.8, 4) is 0 Å². The zero-order chi connectivity index (χ0) is 15.2. The van der Waals surface area contributed by atoms with Crippen molar-refractivity contribution in [3.05, 3.63) is 35.9 Å². The van der Waals surface area contributed by atoms with Gasteiger partial charge in [0, 0.05) is 25.0 Å². The van der Waals surface area contributed by atoms with Gasteiger partial charge in [0.15, 0.2) is 0 Å². The van der Waals surface area contributed by atoms with Crippen molar-refractivity contribution in [2.45, 2.75) is 31.5 Å². The lowest BCUT2D eigenvalue weighted by Crippen LogP contribution is -2.47. The molecule has 21 heavy (non-hydrogen) atoms. The zero-order valence-electron chi connectivity index (χ0n) is 11.8. The SMILES string of the molecule is NC(CC1CCNC1=O)C(O)C(=O)NCc1ccccc1. The van der Waals surface area contributed by atoms with Crippen molar-refractivity contribution in [2.24, 2.45) is 11.7 Å². The molecule has 0 bridgehead atoms. The molecule has 1 fully saturated rings.